The Morgan fingerprint density at radius 2 is 2.00 bits per heavy atom. The first-order valence-electron chi connectivity index (χ1n) is 7.24. The number of aromatic nitrogens is 3. The second kappa shape index (κ2) is 5.67. The largest absolute Gasteiger partial charge is 0.307 e. The van der Waals surface area contributed by atoms with Crippen LogP contribution in [0.5, 0.6) is 0 Å². The molecule has 1 aliphatic carbocycles. The second-order valence-corrected chi connectivity index (χ2v) is 5.49. The molecule has 4 heteroatoms. The van der Waals surface area contributed by atoms with Gasteiger partial charge in [0.25, 0.3) is 0 Å². The van der Waals surface area contributed by atoms with E-state index in [-0.39, 0.29) is 0 Å². The summed E-state index contributed by atoms with van der Waals surface area (Å²) in [4.78, 5) is 13.2. The topological polar surface area (TPSA) is 50.7 Å². The van der Waals surface area contributed by atoms with Gasteiger partial charge in [-0.05, 0) is 38.8 Å². The van der Waals surface area contributed by atoms with Gasteiger partial charge in [0.2, 0.25) is 0 Å². The number of rotatable bonds is 4. The highest BCUT2D eigenvalue weighted by molar-refractivity contribution is 5.53. The average molecular weight is 268 g/mol. The molecular formula is C16H20N4. The predicted octanol–water partition coefficient (Wildman–Crippen LogP) is 3.05. The monoisotopic (exact) mass is 268 g/mol. The van der Waals surface area contributed by atoms with Crippen molar-refractivity contribution in [3.8, 4) is 11.4 Å². The maximum Gasteiger partial charge on any atom is 0.159 e. The van der Waals surface area contributed by atoms with Crippen LogP contribution in [0.3, 0.4) is 0 Å². The molecule has 2 heterocycles. The first-order chi connectivity index (χ1) is 9.74. The van der Waals surface area contributed by atoms with Crippen molar-refractivity contribution in [3.63, 3.8) is 0 Å². The highest BCUT2D eigenvalue weighted by Gasteiger charge is 2.21. The van der Waals surface area contributed by atoms with Gasteiger partial charge in [0.1, 0.15) is 0 Å². The van der Waals surface area contributed by atoms with Crippen LogP contribution in [0, 0.1) is 6.92 Å². The molecule has 2 aromatic rings. The number of aryl methyl sites for hydroxylation is 1. The standard InChI is InChI=1S/C16H20N4/c1-11(19-14-4-3-5-14)15-10-18-16(20-12(15)2)13-6-8-17-9-7-13/h6-11,14,19H,3-5H2,1-2H3/t11-/m0/s1. The van der Waals surface area contributed by atoms with Crippen molar-refractivity contribution in [3.05, 3.63) is 42.0 Å². The summed E-state index contributed by atoms with van der Waals surface area (Å²) in [7, 11) is 0. The normalized spacial score (nSPS) is 16.7. The third-order valence-electron chi connectivity index (χ3n) is 4.01. The molecule has 0 spiro atoms. The summed E-state index contributed by atoms with van der Waals surface area (Å²) in [5, 5.41) is 3.64. The molecule has 0 aromatic carbocycles. The molecule has 3 rings (SSSR count). The third kappa shape index (κ3) is 2.70. The summed E-state index contributed by atoms with van der Waals surface area (Å²) < 4.78 is 0. The van der Waals surface area contributed by atoms with Gasteiger partial charge in [-0.2, -0.15) is 0 Å². The highest BCUT2D eigenvalue weighted by atomic mass is 15.0. The van der Waals surface area contributed by atoms with Crippen molar-refractivity contribution in [2.45, 2.75) is 45.2 Å². The van der Waals surface area contributed by atoms with Crippen molar-refractivity contribution < 1.29 is 0 Å². The zero-order valence-electron chi connectivity index (χ0n) is 12.0. The SMILES string of the molecule is Cc1nc(-c2ccncc2)ncc1[C@H](C)NC1CCC1. The molecule has 1 saturated carbocycles. The zero-order valence-corrected chi connectivity index (χ0v) is 12.0. The lowest BCUT2D eigenvalue weighted by atomic mass is 9.92. The van der Waals surface area contributed by atoms with Gasteiger partial charge in [0.05, 0.1) is 0 Å². The smallest absolute Gasteiger partial charge is 0.159 e. The van der Waals surface area contributed by atoms with Crippen LogP contribution in [0.2, 0.25) is 0 Å². The molecule has 0 aliphatic heterocycles. The maximum absolute atomic E-state index is 4.64. The van der Waals surface area contributed by atoms with E-state index in [1.54, 1.807) is 12.4 Å². The van der Waals surface area contributed by atoms with Gasteiger partial charge in [-0.3, -0.25) is 4.98 Å². The Bertz CT molecular complexity index is 578. The van der Waals surface area contributed by atoms with Crippen molar-refractivity contribution in [1.29, 1.82) is 0 Å². The fourth-order valence-electron chi connectivity index (χ4n) is 2.56. The third-order valence-corrected chi connectivity index (χ3v) is 4.01. The van der Waals surface area contributed by atoms with Crippen molar-refractivity contribution in [2.75, 3.05) is 0 Å². The molecule has 1 atom stereocenters. The highest BCUT2D eigenvalue weighted by Crippen LogP contribution is 2.24. The van der Waals surface area contributed by atoms with Crippen LogP contribution in [0.15, 0.2) is 30.7 Å². The van der Waals surface area contributed by atoms with Gasteiger partial charge < -0.3 is 5.32 Å². The Hall–Kier alpha value is -1.81. The molecule has 1 N–H and O–H groups in total. The lowest BCUT2D eigenvalue weighted by Crippen LogP contribution is -2.37. The van der Waals surface area contributed by atoms with Gasteiger partial charge in [-0.15, -0.1) is 0 Å². The Balaban J connectivity index is 1.80. The van der Waals surface area contributed by atoms with Crippen LogP contribution >= 0.6 is 0 Å². The minimum Gasteiger partial charge on any atom is -0.307 e. The Labute approximate surface area is 119 Å². The van der Waals surface area contributed by atoms with Crippen molar-refractivity contribution in [2.24, 2.45) is 0 Å². The lowest BCUT2D eigenvalue weighted by molar-refractivity contribution is 0.312. The molecule has 104 valence electrons. The van der Waals surface area contributed by atoms with E-state index in [1.807, 2.05) is 18.3 Å². The number of pyridine rings is 1. The molecule has 4 nitrogen and oxygen atoms in total. The van der Waals surface area contributed by atoms with E-state index in [1.165, 1.54) is 24.8 Å². The quantitative estimate of drug-likeness (QED) is 0.926. The molecule has 0 unspecified atom stereocenters. The minimum atomic E-state index is 0.312. The fourth-order valence-corrected chi connectivity index (χ4v) is 2.56. The van der Waals surface area contributed by atoms with Gasteiger partial charge >= 0.3 is 0 Å². The van der Waals surface area contributed by atoms with Crippen molar-refractivity contribution >= 4 is 0 Å². The molecule has 1 aliphatic rings. The molecule has 0 radical (unpaired) electrons. The summed E-state index contributed by atoms with van der Waals surface area (Å²) in [6, 6.07) is 4.85. The average Bonchev–Trinajstić information content (AvgIpc) is 2.43. The summed E-state index contributed by atoms with van der Waals surface area (Å²) in [6.07, 6.45) is 9.42. The number of hydrogen-bond donors (Lipinski definition) is 1. The summed E-state index contributed by atoms with van der Waals surface area (Å²) in [5.41, 5.74) is 3.25. The summed E-state index contributed by atoms with van der Waals surface area (Å²) in [6.45, 7) is 4.25. The molecule has 1 fully saturated rings. The van der Waals surface area contributed by atoms with Crippen LogP contribution in [0.25, 0.3) is 11.4 Å². The van der Waals surface area contributed by atoms with Crippen LogP contribution in [0.4, 0.5) is 0 Å². The fraction of sp³-hybridized carbons (Fsp3) is 0.438. The molecule has 0 bridgehead atoms. The molecule has 2 aromatic heterocycles. The van der Waals surface area contributed by atoms with Gasteiger partial charge in [-0.1, -0.05) is 6.42 Å². The predicted molar refractivity (Wildman–Crippen MR) is 79.2 cm³/mol. The van der Waals surface area contributed by atoms with E-state index >= 15 is 0 Å². The van der Waals surface area contributed by atoms with Crippen LogP contribution in [0.1, 0.15) is 43.5 Å². The molecular weight excluding hydrogens is 248 g/mol. The number of nitrogens with zero attached hydrogens (tertiary/aromatic N) is 3. The van der Waals surface area contributed by atoms with E-state index in [9.17, 15) is 0 Å². The molecule has 20 heavy (non-hydrogen) atoms. The minimum absolute atomic E-state index is 0.312. The van der Waals surface area contributed by atoms with Crippen LogP contribution in [-0.4, -0.2) is 21.0 Å². The maximum atomic E-state index is 4.64. The van der Waals surface area contributed by atoms with Gasteiger partial charge in [-0.25, -0.2) is 9.97 Å². The second-order valence-electron chi connectivity index (χ2n) is 5.49. The van der Waals surface area contributed by atoms with Crippen LogP contribution in [-0.2, 0) is 0 Å². The number of hydrogen-bond acceptors (Lipinski definition) is 4. The van der Waals surface area contributed by atoms with E-state index in [2.05, 4.69) is 34.1 Å². The zero-order chi connectivity index (χ0) is 13.9. The number of nitrogens with one attached hydrogen (secondary N) is 1. The van der Waals surface area contributed by atoms with E-state index in [0.717, 1.165) is 17.1 Å². The van der Waals surface area contributed by atoms with Crippen molar-refractivity contribution in [1.82, 2.24) is 20.3 Å². The Morgan fingerprint density at radius 1 is 1.25 bits per heavy atom. The first kappa shape index (κ1) is 13.2. The Kier molecular flexibility index (Phi) is 3.74. The summed E-state index contributed by atoms with van der Waals surface area (Å²) in [5.74, 6) is 0.768. The summed E-state index contributed by atoms with van der Waals surface area (Å²) >= 11 is 0. The van der Waals surface area contributed by atoms with E-state index in [4.69, 9.17) is 0 Å². The lowest BCUT2D eigenvalue weighted by Gasteiger charge is -2.30. The van der Waals surface area contributed by atoms with Crippen LogP contribution < -0.4 is 5.32 Å². The van der Waals surface area contributed by atoms with Gasteiger partial charge in [0.15, 0.2) is 5.82 Å². The van der Waals surface area contributed by atoms with E-state index < -0.39 is 0 Å². The molecule has 0 saturated heterocycles. The van der Waals surface area contributed by atoms with E-state index in [0.29, 0.717) is 12.1 Å². The van der Waals surface area contributed by atoms with Gasteiger partial charge in [0, 0.05) is 47.5 Å². The first-order valence-corrected chi connectivity index (χ1v) is 7.24. The molecule has 0 amide bonds. The Morgan fingerprint density at radius 3 is 2.60 bits per heavy atom.